The van der Waals surface area contributed by atoms with E-state index in [0.717, 1.165) is 32.1 Å². The van der Waals surface area contributed by atoms with Crippen molar-refractivity contribution >= 4 is 0 Å². The molecule has 0 radical (unpaired) electrons. The Kier molecular flexibility index (Phi) is 2.45. The van der Waals surface area contributed by atoms with Gasteiger partial charge in [0, 0.05) is 6.61 Å². The molecule has 3 fully saturated rings. The van der Waals surface area contributed by atoms with Crippen molar-refractivity contribution in [3.05, 3.63) is 0 Å². The number of rotatable bonds is 1. The van der Waals surface area contributed by atoms with Crippen LogP contribution in [0.3, 0.4) is 0 Å². The van der Waals surface area contributed by atoms with Crippen molar-refractivity contribution in [2.24, 2.45) is 22.7 Å². The maximum atomic E-state index is 11.0. The number of hydrogen-bond acceptors (Lipinski definition) is 2. The van der Waals surface area contributed by atoms with Crippen molar-refractivity contribution in [3.8, 4) is 0 Å². The largest absolute Gasteiger partial charge is 0.396 e. The molecule has 17 heavy (non-hydrogen) atoms. The Morgan fingerprint density at radius 2 is 1.88 bits per heavy atom. The Hall–Kier alpha value is -0.0800. The van der Waals surface area contributed by atoms with Crippen molar-refractivity contribution < 1.29 is 10.2 Å². The average molecular weight is 238 g/mol. The van der Waals surface area contributed by atoms with E-state index >= 15 is 0 Å². The van der Waals surface area contributed by atoms with Gasteiger partial charge in [-0.1, -0.05) is 13.8 Å². The highest BCUT2D eigenvalue weighted by atomic mass is 16.3. The number of fused-ring (bicyclic) bond motifs is 4. The monoisotopic (exact) mass is 238 g/mol. The first-order valence-electron chi connectivity index (χ1n) is 7.24. The molecule has 4 atom stereocenters. The van der Waals surface area contributed by atoms with Crippen molar-refractivity contribution in [1.82, 2.24) is 0 Å². The number of aliphatic hydroxyl groups excluding tert-OH is 1. The molecule has 2 N–H and O–H groups in total. The van der Waals surface area contributed by atoms with Gasteiger partial charge in [-0.05, 0) is 67.6 Å². The second-order valence-electron chi connectivity index (χ2n) is 7.74. The summed E-state index contributed by atoms with van der Waals surface area (Å²) in [7, 11) is 0. The molecule has 0 unspecified atom stereocenters. The van der Waals surface area contributed by atoms with Crippen LogP contribution < -0.4 is 0 Å². The van der Waals surface area contributed by atoms with Crippen LogP contribution in [-0.4, -0.2) is 22.4 Å². The van der Waals surface area contributed by atoms with Crippen molar-refractivity contribution in [2.75, 3.05) is 6.61 Å². The van der Waals surface area contributed by atoms with E-state index in [1.807, 2.05) is 0 Å². The van der Waals surface area contributed by atoms with Crippen LogP contribution in [0.4, 0.5) is 0 Å². The third-order valence-electron chi connectivity index (χ3n) is 6.24. The predicted octanol–water partition coefficient (Wildman–Crippen LogP) is 2.73. The maximum Gasteiger partial charge on any atom is 0.0685 e. The fourth-order valence-electron chi connectivity index (χ4n) is 5.20. The van der Waals surface area contributed by atoms with Crippen LogP contribution in [-0.2, 0) is 0 Å². The molecular weight excluding hydrogens is 212 g/mol. The normalized spacial score (nSPS) is 52.2. The molecule has 98 valence electrons. The van der Waals surface area contributed by atoms with E-state index in [9.17, 15) is 10.2 Å². The summed E-state index contributed by atoms with van der Waals surface area (Å²) in [4.78, 5) is 0. The number of hydrogen-bond donors (Lipinski definition) is 2. The van der Waals surface area contributed by atoms with Crippen LogP contribution in [0.2, 0.25) is 0 Å². The first-order chi connectivity index (χ1) is 7.91. The Balaban J connectivity index is 1.92. The SMILES string of the molecule is CC1(C)C[C@@H]2[C@@H]1CC[C@@]1(CO)CCC[C@]2(O)C1. The minimum Gasteiger partial charge on any atom is -0.396 e. The molecule has 0 heterocycles. The van der Waals surface area contributed by atoms with E-state index in [0.29, 0.717) is 17.3 Å². The van der Waals surface area contributed by atoms with E-state index in [2.05, 4.69) is 13.8 Å². The summed E-state index contributed by atoms with van der Waals surface area (Å²) in [6, 6.07) is 0. The van der Waals surface area contributed by atoms with Gasteiger partial charge in [-0.25, -0.2) is 0 Å². The van der Waals surface area contributed by atoms with Crippen LogP contribution >= 0.6 is 0 Å². The van der Waals surface area contributed by atoms with Crippen LogP contribution in [0.15, 0.2) is 0 Å². The van der Waals surface area contributed by atoms with Gasteiger partial charge in [0.25, 0.3) is 0 Å². The van der Waals surface area contributed by atoms with E-state index in [-0.39, 0.29) is 12.0 Å². The first-order valence-corrected chi connectivity index (χ1v) is 7.24. The van der Waals surface area contributed by atoms with E-state index in [1.54, 1.807) is 0 Å². The topological polar surface area (TPSA) is 40.5 Å². The lowest BCUT2D eigenvalue weighted by Crippen LogP contribution is -2.56. The van der Waals surface area contributed by atoms with Gasteiger partial charge in [-0.3, -0.25) is 0 Å². The van der Waals surface area contributed by atoms with E-state index in [4.69, 9.17) is 0 Å². The molecule has 0 aromatic heterocycles. The third-order valence-corrected chi connectivity index (χ3v) is 6.24. The second-order valence-corrected chi connectivity index (χ2v) is 7.74. The van der Waals surface area contributed by atoms with Crippen molar-refractivity contribution in [2.45, 2.75) is 64.4 Å². The van der Waals surface area contributed by atoms with Gasteiger partial charge < -0.3 is 10.2 Å². The van der Waals surface area contributed by atoms with Gasteiger partial charge in [-0.2, -0.15) is 0 Å². The van der Waals surface area contributed by atoms with Crippen LogP contribution in [0.1, 0.15) is 58.8 Å². The first kappa shape index (κ1) is 12.0. The molecule has 0 aliphatic heterocycles. The van der Waals surface area contributed by atoms with Gasteiger partial charge in [0.05, 0.1) is 5.60 Å². The highest BCUT2D eigenvalue weighted by molar-refractivity contribution is 5.11. The Morgan fingerprint density at radius 3 is 2.53 bits per heavy atom. The molecule has 3 aliphatic carbocycles. The van der Waals surface area contributed by atoms with Crippen molar-refractivity contribution in [3.63, 3.8) is 0 Å². The molecule has 0 aromatic carbocycles. The molecule has 3 saturated carbocycles. The Bertz CT molecular complexity index is 325. The van der Waals surface area contributed by atoms with Gasteiger partial charge in [0.1, 0.15) is 0 Å². The fraction of sp³-hybridized carbons (Fsp3) is 1.00. The van der Waals surface area contributed by atoms with E-state index in [1.165, 1.54) is 12.8 Å². The van der Waals surface area contributed by atoms with Gasteiger partial charge in [-0.15, -0.1) is 0 Å². The summed E-state index contributed by atoms with van der Waals surface area (Å²) in [6.45, 7) is 4.96. The Labute approximate surface area is 104 Å². The van der Waals surface area contributed by atoms with Gasteiger partial charge in [0.2, 0.25) is 0 Å². The molecule has 0 aromatic rings. The smallest absolute Gasteiger partial charge is 0.0685 e. The summed E-state index contributed by atoms with van der Waals surface area (Å²) in [5, 5.41) is 20.7. The quantitative estimate of drug-likeness (QED) is 0.737. The molecule has 2 heteroatoms. The zero-order chi connectivity index (χ0) is 12.3. The summed E-state index contributed by atoms with van der Waals surface area (Å²) in [6.07, 6.45) is 7.54. The molecule has 0 saturated heterocycles. The van der Waals surface area contributed by atoms with Gasteiger partial charge >= 0.3 is 0 Å². The lowest BCUT2D eigenvalue weighted by molar-refractivity contribution is -0.165. The minimum absolute atomic E-state index is 0.0421. The number of aliphatic hydroxyl groups is 2. The summed E-state index contributed by atoms with van der Waals surface area (Å²) < 4.78 is 0. The predicted molar refractivity (Wildman–Crippen MR) is 67.5 cm³/mol. The zero-order valence-electron chi connectivity index (χ0n) is 11.2. The lowest BCUT2D eigenvalue weighted by Gasteiger charge is -2.58. The lowest BCUT2D eigenvalue weighted by atomic mass is 9.49. The summed E-state index contributed by atoms with van der Waals surface area (Å²) >= 11 is 0. The third kappa shape index (κ3) is 1.60. The minimum atomic E-state index is -0.461. The Morgan fingerprint density at radius 1 is 1.12 bits per heavy atom. The fourth-order valence-corrected chi connectivity index (χ4v) is 5.20. The molecule has 3 rings (SSSR count). The standard InChI is InChI=1S/C15H26O2/c1-13(2)8-12-11(13)4-7-14(10-16)5-3-6-15(12,17)9-14/h11-12,16-17H,3-10H2,1-2H3/t11-,12+,14-,15-/m0/s1. The molecule has 2 bridgehead atoms. The van der Waals surface area contributed by atoms with Gasteiger partial charge in [0.15, 0.2) is 0 Å². The highest BCUT2D eigenvalue weighted by Crippen LogP contribution is 2.64. The molecule has 0 spiro atoms. The zero-order valence-corrected chi connectivity index (χ0v) is 11.2. The van der Waals surface area contributed by atoms with Crippen molar-refractivity contribution in [1.29, 1.82) is 0 Å². The summed E-state index contributed by atoms with van der Waals surface area (Å²) in [5.74, 6) is 1.19. The maximum absolute atomic E-state index is 11.0. The van der Waals surface area contributed by atoms with Crippen LogP contribution in [0.5, 0.6) is 0 Å². The molecule has 3 aliphatic rings. The van der Waals surface area contributed by atoms with Crippen LogP contribution in [0, 0.1) is 22.7 Å². The van der Waals surface area contributed by atoms with E-state index < -0.39 is 5.60 Å². The molecular formula is C15H26O2. The van der Waals surface area contributed by atoms with Crippen LogP contribution in [0.25, 0.3) is 0 Å². The summed E-state index contributed by atoms with van der Waals surface area (Å²) in [5.41, 5.74) is -0.00733. The molecule has 0 amide bonds. The average Bonchev–Trinajstić information content (AvgIpc) is 2.32. The molecule has 2 nitrogen and oxygen atoms in total. The second kappa shape index (κ2) is 3.48. The highest BCUT2D eigenvalue weighted by Gasteiger charge is 2.60.